The largest absolute Gasteiger partial charge is 0.370 e. The van der Waals surface area contributed by atoms with Crippen molar-refractivity contribution < 1.29 is 4.79 Å². The molecule has 2 aromatic carbocycles. The van der Waals surface area contributed by atoms with E-state index in [0.29, 0.717) is 6.42 Å². The van der Waals surface area contributed by atoms with Crippen LogP contribution in [-0.4, -0.2) is 18.4 Å². The van der Waals surface area contributed by atoms with E-state index in [1.807, 2.05) is 36.4 Å². The highest BCUT2D eigenvalue weighted by Crippen LogP contribution is 2.23. The summed E-state index contributed by atoms with van der Waals surface area (Å²) in [5, 5.41) is 0. The minimum absolute atomic E-state index is 0.0334. The molecule has 0 atom stereocenters. The van der Waals surface area contributed by atoms with Gasteiger partial charge in [-0.3, -0.25) is 4.79 Å². The van der Waals surface area contributed by atoms with Crippen molar-refractivity contribution in [3.8, 4) is 0 Å². The van der Waals surface area contributed by atoms with Gasteiger partial charge in [-0.05, 0) is 44.9 Å². The number of aryl methyl sites for hydroxylation is 1. The molecular weight excluding hydrogens is 270 g/mol. The summed E-state index contributed by atoms with van der Waals surface area (Å²) >= 11 is 0. The van der Waals surface area contributed by atoms with Crippen molar-refractivity contribution in [2.24, 2.45) is 0 Å². The van der Waals surface area contributed by atoms with Crippen LogP contribution in [0.4, 0.5) is 5.69 Å². The van der Waals surface area contributed by atoms with Gasteiger partial charge in [-0.15, -0.1) is 0 Å². The molecule has 0 unspecified atom stereocenters. The van der Waals surface area contributed by atoms with Crippen molar-refractivity contribution in [3.63, 3.8) is 0 Å². The number of carbonyl (C=O) groups excluding carboxylic acids is 1. The van der Waals surface area contributed by atoms with Crippen LogP contribution in [-0.2, 0) is 6.42 Å². The fraction of sp³-hybridized carbons (Fsp3) is 0.350. The maximum absolute atomic E-state index is 12.4. The molecule has 2 nitrogen and oxygen atoms in total. The first-order valence-electron chi connectivity index (χ1n) is 7.79. The molecule has 0 N–H and O–H groups in total. The molecule has 0 aliphatic rings. The van der Waals surface area contributed by atoms with Gasteiger partial charge < -0.3 is 4.90 Å². The second-order valence-corrected chi connectivity index (χ2v) is 6.69. The van der Waals surface area contributed by atoms with E-state index < -0.39 is 0 Å². The summed E-state index contributed by atoms with van der Waals surface area (Å²) < 4.78 is 0. The zero-order chi connectivity index (χ0) is 16.2. The Morgan fingerprint density at radius 1 is 1.00 bits per heavy atom. The Kier molecular flexibility index (Phi) is 5.02. The highest BCUT2D eigenvalue weighted by atomic mass is 16.1. The third-order valence-corrected chi connectivity index (χ3v) is 4.05. The van der Waals surface area contributed by atoms with Crippen LogP contribution in [0.25, 0.3) is 0 Å². The van der Waals surface area contributed by atoms with Crippen LogP contribution in [0, 0.1) is 0 Å². The van der Waals surface area contributed by atoms with E-state index in [9.17, 15) is 4.79 Å². The quantitative estimate of drug-likeness (QED) is 0.743. The zero-order valence-electron chi connectivity index (χ0n) is 14.0. The van der Waals surface area contributed by atoms with Crippen LogP contribution in [0.15, 0.2) is 54.6 Å². The molecule has 0 amide bonds. The Morgan fingerprint density at radius 3 is 2.32 bits per heavy atom. The molecule has 0 aromatic heterocycles. The number of Topliss-reactive ketones (excluding diaryl/α,β-unsaturated/α-hetero) is 1. The van der Waals surface area contributed by atoms with E-state index in [-0.39, 0.29) is 11.3 Å². The zero-order valence-corrected chi connectivity index (χ0v) is 14.0. The highest BCUT2D eigenvalue weighted by molar-refractivity contribution is 5.97. The molecule has 22 heavy (non-hydrogen) atoms. The molecular formula is C20H25NO. The van der Waals surface area contributed by atoms with Gasteiger partial charge in [0.15, 0.2) is 5.78 Å². The van der Waals surface area contributed by atoms with Crippen LogP contribution >= 0.6 is 0 Å². The lowest BCUT2D eigenvalue weighted by Gasteiger charge is -2.34. The van der Waals surface area contributed by atoms with Crippen molar-refractivity contribution in [3.05, 3.63) is 65.7 Å². The highest BCUT2D eigenvalue weighted by Gasteiger charge is 2.18. The molecule has 0 aliphatic heterocycles. The first-order valence-corrected chi connectivity index (χ1v) is 7.79. The Bertz CT molecular complexity index is 626. The molecule has 0 saturated carbocycles. The van der Waals surface area contributed by atoms with Gasteiger partial charge in [0.2, 0.25) is 0 Å². The number of rotatable bonds is 5. The van der Waals surface area contributed by atoms with Crippen molar-refractivity contribution in [1.29, 1.82) is 0 Å². The fourth-order valence-corrected chi connectivity index (χ4v) is 2.32. The molecule has 0 saturated heterocycles. The number of anilines is 1. The SMILES string of the molecule is CN(c1cccc(C(=O)CCc2ccccc2)c1)C(C)(C)C. The molecule has 116 valence electrons. The minimum Gasteiger partial charge on any atom is -0.370 e. The summed E-state index contributed by atoms with van der Waals surface area (Å²) in [6, 6.07) is 18.1. The Labute approximate surface area is 133 Å². The van der Waals surface area contributed by atoms with Gasteiger partial charge in [0.05, 0.1) is 0 Å². The van der Waals surface area contributed by atoms with Gasteiger partial charge >= 0.3 is 0 Å². The summed E-state index contributed by atoms with van der Waals surface area (Å²) in [6.07, 6.45) is 1.34. The van der Waals surface area contributed by atoms with E-state index in [0.717, 1.165) is 17.7 Å². The van der Waals surface area contributed by atoms with E-state index in [1.54, 1.807) is 0 Å². The molecule has 2 rings (SSSR count). The van der Waals surface area contributed by atoms with Gasteiger partial charge in [0.25, 0.3) is 0 Å². The monoisotopic (exact) mass is 295 g/mol. The topological polar surface area (TPSA) is 20.3 Å². The standard InChI is InChI=1S/C20H25NO/c1-20(2,3)21(4)18-12-8-11-17(15-18)19(22)14-13-16-9-6-5-7-10-16/h5-12,15H,13-14H2,1-4H3. The van der Waals surface area contributed by atoms with Gasteiger partial charge in [-0.1, -0.05) is 42.5 Å². The molecule has 0 radical (unpaired) electrons. The molecule has 2 heteroatoms. The lowest BCUT2D eigenvalue weighted by molar-refractivity contribution is 0.0983. The summed E-state index contributed by atoms with van der Waals surface area (Å²) in [6.45, 7) is 6.49. The Hall–Kier alpha value is -2.09. The number of carbonyl (C=O) groups is 1. The molecule has 0 bridgehead atoms. The second-order valence-electron chi connectivity index (χ2n) is 6.69. The second kappa shape index (κ2) is 6.78. The fourth-order valence-electron chi connectivity index (χ4n) is 2.32. The van der Waals surface area contributed by atoms with Crippen molar-refractivity contribution in [1.82, 2.24) is 0 Å². The summed E-state index contributed by atoms with van der Waals surface area (Å²) in [5.74, 6) is 0.202. The number of benzene rings is 2. The first-order chi connectivity index (χ1) is 10.4. The van der Waals surface area contributed by atoms with Gasteiger partial charge in [0, 0.05) is 30.3 Å². The van der Waals surface area contributed by atoms with Crippen LogP contribution in [0.5, 0.6) is 0 Å². The van der Waals surface area contributed by atoms with Crippen molar-refractivity contribution in [2.75, 3.05) is 11.9 Å². The van der Waals surface area contributed by atoms with E-state index in [2.05, 4.69) is 50.9 Å². The summed E-state index contributed by atoms with van der Waals surface area (Å²) in [4.78, 5) is 14.6. The van der Waals surface area contributed by atoms with Gasteiger partial charge in [0.1, 0.15) is 0 Å². The normalized spacial score (nSPS) is 11.3. The number of hydrogen-bond acceptors (Lipinski definition) is 2. The number of ketones is 1. The van der Waals surface area contributed by atoms with Crippen LogP contribution in [0.1, 0.15) is 43.1 Å². The van der Waals surface area contributed by atoms with Gasteiger partial charge in [-0.2, -0.15) is 0 Å². The lowest BCUT2D eigenvalue weighted by Crippen LogP contribution is -2.38. The summed E-state index contributed by atoms with van der Waals surface area (Å²) in [7, 11) is 2.06. The first kappa shape index (κ1) is 16.3. The molecule has 2 aromatic rings. The minimum atomic E-state index is 0.0334. The number of nitrogens with zero attached hydrogens (tertiary/aromatic N) is 1. The predicted octanol–water partition coefficient (Wildman–Crippen LogP) is 4.74. The molecule has 0 fully saturated rings. The van der Waals surface area contributed by atoms with Crippen LogP contribution < -0.4 is 4.90 Å². The predicted molar refractivity (Wildman–Crippen MR) is 93.7 cm³/mol. The summed E-state index contributed by atoms with van der Waals surface area (Å²) in [5.41, 5.74) is 3.12. The average Bonchev–Trinajstić information content (AvgIpc) is 2.52. The van der Waals surface area contributed by atoms with Gasteiger partial charge in [-0.25, -0.2) is 0 Å². The Balaban J connectivity index is 2.07. The van der Waals surface area contributed by atoms with E-state index in [4.69, 9.17) is 0 Å². The van der Waals surface area contributed by atoms with E-state index >= 15 is 0 Å². The molecule has 0 spiro atoms. The lowest BCUT2D eigenvalue weighted by atomic mass is 10.0. The maximum Gasteiger partial charge on any atom is 0.163 e. The molecule has 0 aliphatic carbocycles. The average molecular weight is 295 g/mol. The number of hydrogen-bond donors (Lipinski definition) is 0. The third-order valence-electron chi connectivity index (χ3n) is 4.05. The van der Waals surface area contributed by atoms with Crippen molar-refractivity contribution in [2.45, 2.75) is 39.2 Å². The van der Waals surface area contributed by atoms with Crippen LogP contribution in [0.2, 0.25) is 0 Å². The Morgan fingerprint density at radius 2 is 1.68 bits per heavy atom. The smallest absolute Gasteiger partial charge is 0.163 e. The van der Waals surface area contributed by atoms with E-state index in [1.165, 1.54) is 5.56 Å². The maximum atomic E-state index is 12.4. The molecule has 0 heterocycles. The van der Waals surface area contributed by atoms with Crippen molar-refractivity contribution >= 4 is 11.5 Å². The third kappa shape index (κ3) is 4.20. The van der Waals surface area contributed by atoms with Crippen LogP contribution in [0.3, 0.4) is 0 Å².